The van der Waals surface area contributed by atoms with E-state index in [4.69, 9.17) is 4.52 Å². The lowest BCUT2D eigenvalue weighted by Gasteiger charge is -2.06. The van der Waals surface area contributed by atoms with Crippen molar-refractivity contribution in [3.8, 4) is 11.3 Å². The molecule has 0 fully saturated rings. The van der Waals surface area contributed by atoms with Crippen molar-refractivity contribution in [2.75, 3.05) is 25.0 Å². The van der Waals surface area contributed by atoms with E-state index >= 15 is 0 Å². The van der Waals surface area contributed by atoms with Crippen LogP contribution in [-0.2, 0) is 4.79 Å². The molecule has 0 saturated heterocycles. The highest BCUT2D eigenvalue weighted by molar-refractivity contribution is 7.22. The van der Waals surface area contributed by atoms with Crippen molar-refractivity contribution in [2.24, 2.45) is 0 Å². The second kappa shape index (κ2) is 9.19. The molecule has 4 rings (SSSR count). The predicted molar refractivity (Wildman–Crippen MR) is 115 cm³/mol. The summed E-state index contributed by atoms with van der Waals surface area (Å²) >= 11 is 1.56. The maximum Gasteiger partial charge on any atom is 0.273 e. The first-order valence-corrected chi connectivity index (χ1v) is 10.2. The quantitative estimate of drug-likeness (QED) is 0.378. The third-order valence-corrected chi connectivity index (χ3v) is 5.22. The van der Waals surface area contributed by atoms with Gasteiger partial charge in [0, 0.05) is 24.7 Å². The summed E-state index contributed by atoms with van der Waals surface area (Å²) in [6, 6.07) is 18.8. The van der Waals surface area contributed by atoms with Gasteiger partial charge in [0.15, 0.2) is 16.6 Å². The van der Waals surface area contributed by atoms with Crippen molar-refractivity contribution < 1.29 is 14.1 Å². The first-order chi connectivity index (χ1) is 14.7. The molecule has 0 unspecified atom stereocenters. The second-order valence-electron chi connectivity index (χ2n) is 6.39. The van der Waals surface area contributed by atoms with E-state index in [9.17, 15) is 9.59 Å². The van der Waals surface area contributed by atoms with E-state index in [-0.39, 0.29) is 18.1 Å². The summed E-state index contributed by atoms with van der Waals surface area (Å²) < 4.78 is 6.30. The number of para-hydroxylation sites is 1. The van der Waals surface area contributed by atoms with Crippen molar-refractivity contribution in [1.82, 2.24) is 20.8 Å². The number of hydrogen-bond acceptors (Lipinski definition) is 7. The van der Waals surface area contributed by atoms with E-state index in [1.807, 2.05) is 54.6 Å². The molecular formula is C21H19N5O3S. The highest BCUT2D eigenvalue weighted by atomic mass is 32.1. The van der Waals surface area contributed by atoms with Gasteiger partial charge in [-0.2, -0.15) is 0 Å². The van der Waals surface area contributed by atoms with Gasteiger partial charge < -0.3 is 20.5 Å². The van der Waals surface area contributed by atoms with Crippen LogP contribution in [0, 0.1) is 0 Å². The van der Waals surface area contributed by atoms with Crippen molar-refractivity contribution in [3.05, 3.63) is 66.4 Å². The summed E-state index contributed by atoms with van der Waals surface area (Å²) in [5, 5.41) is 13.0. The monoisotopic (exact) mass is 421 g/mol. The van der Waals surface area contributed by atoms with Crippen LogP contribution in [0.3, 0.4) is 0 Å². The summed E-state index contributed by atoms with van der Waals surface area (Å²) in [6.45, 7) is 0.795. The number of nitrogens with one attached hydrogen (secondary N) is 3. The van der Waals surface area contributed by atoms with Crippen LogP contribution in [0.5, 0.6) is 0 Å². The molecule has 0 atom stereocenters. The van der Waals surface area contributed by atoms with E-state index < -0.39 is 5.91 Å². The van der Waals surface area contributed by atoms with Gasteiger partial charge in [-0.15, -0.1) is 0 Å². The highest BCUT2D eigenvalue weighted by Crippen LogP contribution is 2.25. The Hall–Kier alpha value is -3.72. The molecule has 3 N–H and O–H groups in total. The number of anilines is 1. The molecular weight excluding hydrogens is 402 g/mol. The number of thiazole rings is 1. The first kappa shape index (κ1) is 19.6. The zero-order chi connectivity index (χ0) is 20.8. The van der Waals surface area contributed by atoms with Crippen molar-refractivity contribution in [2.45, 2.75) is 0 Å². The highest BCUT2D eigenvalue weighted by Gasteiger charge is 2.14. The molecule has 2 heterocycles. The van der Waals surface area contributed by atoms with Gasteiger partial charge in [-0.25, -0.2) is 4.98 Å². The summed E-state index contributed by atoms with van der Waals surface area (Å²) in [6.07, 6.45) is 0. The van der Waals surface area contributed by atoms with E-state index in [2.05, 4.69) is 26.1 Å². The number of carbonyl (C=O) groups is 2. The molecule has 0 saturated carbocycles. The van der Waals surface area contributed by atoms with Crippen molar-refractivity contribution in [1.29, 1.82) is 0 Å². The molecule has 2 amide bonds. The second-order valence-corrected chi connectivity index (χ2v) is 7.42. The smallest absolute Gasteiger partial charge is 0.273 e. The Kier molecular flexibility index (Phi) is 6.00. The van der Waals surface area contributed by atoms with Gasteiger partial charge >= 0.3 is 0 Å². The Morgan fingerprint density at radius 2 is 1.77 bits per heavy atom. The van der Waals surface area contributed by atoms with Crippen LogP contribution >= 0.6 is 11.3 Å². The van der Waals surface area contributed by atoms with Gasteiger partial charge in [-0.05, 0) is 12.1 Å². The number of hydrogen-bond donors (Lipinski definition) is 3. The summed E-state index contributed by atoms with van der Waals surface area (Å²) in [5.41, 5.74) is 1.89. The lowest BCUT2D eigenvalue weighted by atomic mass is 10.1. The van der Waals surface area contributed by atoms with Crippen LogP contribution in [0.15, 0.2) is 65.2 Å². The molecule has 9 heteroatoms. The lowest BCUT2D eigenvalue weighted by molar-refractivity contribution is -0.120. The number of fused-ring (bicyclic) bond motifs is 1. The standard InChI is InChI=1S/C21H19N5O3S/c27-19(22-10-11-23-21-25-15-8-4-5-9-18(15)30-21)13-24-20(28)16-12-17(29-26-16)14-6-2-1-3-7-14/h1-9,12H,10-11,13H2,(H,22,27)(H,23,25)(H,24,28). The fourth-order valence-corrected chi connectivity index (χ4v) is 3.64. The van der Waals surface area contributed by atoms with Gasteiger partial charge in [-0.1, -0.05) is 59.0 Å². The van der Waals surface area contributed by atoms with E-state index in [0.717, 1.165) is 20.9 Å². The maximum atomic E-state index is 12.2. The minimum atomic E-state index is -0.469. The van der Waals surface area contributed by atoms with Gasteiger partial charge in [0.25, 0.3) is 5.91 Å². The minimum Gasteiger partial charge on any atom is -0.360 e. The lowest BCUT2D eigenvalue weighted by Crippen LogP contribution is -2.38. The summed E-state index contributed by atoms with van der Waals surface area (Å²) in [5.74, 6) is -0.268. The number of carbonyl (C=O) groups excluding carboxylic acids is 2. The molecule has 8 nitrogen and oxygen atoms in total. The third-order valence-electron chi connectivity index (χ3n) is 4.23. The Morgan fingerprint density at radius 1 is 0.967 bits per heavy atom. The predicted octanol–water partition coefficient (Wildman–Crippen LogP) is 2.91. The van der Waals surface area contributed by atoms with Crippen molar-refractivity contribution >= 4 is 38.5 Å². The van der Waals surface area contributed by atoms with Crippen LogP contribution < -0.4 is 16.0 Å². The summed E-state index contributed by atoms with van der Waals surface area (Å²) in [4.78, 5) is 28.6. The zero-order valence-electron chi connectivity index (χ0n) is 15.9. The Bertz CT molecular complexity index is 1120. The van der Waals surface area contributed by atoms with Crippen LogP contribution in [-0.4, -0.2) is 41.6 Å². The van der Waals surface area contributed by atoms with Gasteiger partial charge in [0.2, 0.25) is 5.91 Å². The minimum absolute atomic E-state index is 0.124. The molecule has 0 aliphatic carbocycles. The van der Waals surface area contributed by atoms with Gasteiger partial charge in [0.1, 0.15) is 0 Å². The fourth-order valence-electron chi connectivity index (χ4n) is 2.75. The maximum absolute atomic E-state index is 12.2. The molecule has 152 valence electrons. The van der Waals surface area contributed by atoms with Crippen molar-refractivity contribution in [3.63, 3.8) is 0 Å². The molecule has 2 aromatic carbocycles. The molecule has 2 aromatic heterocycles. The Labute approximate surface area is 176 Å². The molecule has 0 aliphatic rings. The number of nitrogens with zero attached hydrogens (tertiary/aromatic N) is 2. The van der Waals surface area contributed by atoms with Crippen LogP contribution in [0.2, 0.25) is 0 Å². The normalized spacial score (nSPS) is 10.7. The van der Waals surface area contributed by atoms with Gasteiger partial charge in [0.05, 0.1) is 16.8 Å². The van der Waals surface area contributed by atoms with Crippen LogP contribution in [0.4, 0.5) is 5.13 Å². The average Bonchev–Trinajstić information content (AvgIpc) is 3.43. The molecule has 0 bridgehead atoms. The van der Waals surface area contributed by atoms with E-state index in [1.54, 1.807) is 17.4 Å². The largest absolute Gasteiger partial charge is 0.360 e. The Morgan fingerprint density at radius 3 is 2.60 bits per heavy atom. The van der Waals surface area contributed by atoms with E-state index in [0.29, 0.717) is 18.8 Å². The van der Waals surface area contributed by atoms with Gasteiger partial charge in [-0.3, -0.25) is 9.59 Å². The molecule has 30 heavy (non-hydrogen) atoms. The SMILES string of the molecule is O=C(CNC(=O)c1cc(-c2ccccc2)on1)NCCNc1nc2ccccc2s1. The topological polar surface area (TPSA) is 109 Å². The first-order valence-electron chi connectivity index (χ1n) is 9.35. The van der Waals surface area contributed by atoms with Crippen LogP contribution in [0.25, 0.3) is 21.5 Å². The van der Waals surface area contributed by atoms with Crippen LogP contribution in [0.1, 0.15) is 10.5 Å². The number of aromatic nitrogens is 2. The number of amides is 2. The Balaban J connectivity index is 1.18. The van der Waals surface area contributed by atoms with E-state index in [1.165, 1.54) is 0 Å². The zero-order valence-corrected chi connectivity index (χ0v) is 16.7. The number of rotatable bonds is 8. The molecule has 0 aliphatic heterocycles. The number of benzene rings is 2. The summed E-state index contributed by atoms with van der Waals surface area (Å²) in [7, 11) is 0. The third kappa shape index (κ3) is 4.81. The average molecular weight is 421 g/mol. The fraction of sp³-hybridized carbons (Fsp3) is 0.143. The molecule has 0 radical (unpaired) electrons. The molecule has 0 spiro atoms. The molecule has 4 aromatic rings.